The van der Waals surface area contributed by atoms with Crippen LogP contribution < -0.4 is 5.32 Å². The Morgan fingerprint density at radius 3 is 2.73 bits per heavy atom. The smallest absolute Gasteiger partial charge is 0.193 e. The van der Waals surface area contributed by atoms with Crippen LogP contribution in [-0.2, 0) is 15.9 Å². The first-order valence-corrected chi connectivity index (χ1v) is 11.6. The average Bonchev–Trinajstić information content (AvgIpc) is 3.43. The van der Waals surface area contributed by atoms with Crippen LogP contribution in [0.5, 0.6) is 0 Å². The molecule has 1 aromatic carbocycles. The molecule has 1 N–H and O–H groups in total. The molecule has 30 heavy (non-hydrogen) atoms. The van der Waals surface area contributed by atoms with Crippen LogP contribution in [0.25, 0.3) is 0 Å². The summed E-state index contributed by atoms with van der Waals surface area (Å²) in [6.07, 6.45) is 3.57. The highest BCUT2D eigenvalue weighted by molar-refractivity contribution is 5.80. The topological polar surface area (TPSA) is 49.3 Å². The van der Waals surface area contributed by atoms with E-state index in [1.165, 1.54) is 31.5 Å². The minimum Gasteiger partial charge on any atom is -0.382 e. The van der Waals surface area contributed by atoms with Crippen molar-refractivity contribution >= 4 is 5.96 Å². The van der Waals surface area contributed by atoms with Crippen molar-refractivity contribution in [3.05, 3.63) is 35.9 Å². The summed E-state index contributed by atoms with van der Waals surface area (Å²) in [6, 6.07) is 10.8. The van der Waals surface area contributed by atoms with Crippen molar-refractivity contribution < 1.29 is 9.47 Å². The summed E-state index contributed by atoms with van der Waals surface area (Å²) in [7, 11) is 1.71. The lowest BCUT2D eigenvalue weighted by Crippen LogP contribution is -2.40. The summed E-state index contributed by atoms with van der Waals surface area (Å²) in [5, 5.41) is 3.50. The number of benzene rings is 1. The van der Waals surface area contributed by atoms with Gasteiger partial charge in [-0.2, -0.15) is 0 Å². The molecular weight excluding hydrogens is 376 g/mol. The number of nitrogens with one attached hydrogen (secondary N) is 1. The Balaban J connectivity index is 1.40. The van der Waals surface area contributed by atoms with Gasteiger partial charge >= 0.3 is 0 Å². The SMILES string of the molecule is CCNC(=NCC1CCN(CCc2ccccc2)C1)N1CCC(COCCOC)C1. The van der Waals surface area contributed by atoms with Crippen LogP contribution in [0, 0.1) is 11.8 Å². The van der Waals surface area contributed by atoms with E-state index >= 15 is 0 Å². The quantitative estimate of drug-likeness (QED) is 0.341. The molecule has 2 aliphatic heterocycles. The molecule has 2 atom stereocenters. The van der Waals surface area contributed by atoms with Crippen LogP contribution in [0.4, 0.5) is 0 Å². The summed E-state index contributed by atoms with van der Waals surface area (Å²) in [5.74, 6) is 2.34. The monoisotopic (exact) mass is 416 g/mol. The Hall–Kier alpha value is -1.63. The Morgan fingerprint density at radius 2 is 1.93 bits per heavy atom. The molecule has 0 bridgehead atoms. The van der Waals surface area contributed by atoms with E-state index in [4.69, 9.17) is 14.5 Å². The van der Waals surface area contributed by atoms with Gasteiger partial charge in [-0.1, -0.05) is 30.3 Å². The Kier molecular flexibility index (Phi) is 9.93. The largest absolute Gasteiger partial charge is 0.382 e. The normalized spacial score (nSPS) is 22.7. The molecule has 2 saturated heterocycles. The lowest BCUT2D eigenvalue weighted by molar-refractivity contribution is 0.0536. The Morgan fingerprint density at radius 1 is 1.10 bits per heavy atom. The van der Waals surface area contributed by atoms with Crippen molar-refractivity contribution in [3.8, 4) is 0 Å². The molecule has 0 radical (unpaired) electrons. The van der Waals surface area contributed by atoms with Crippen LogP contribution >= 0.6 is 0 Å². The van der Waals surface area contributed by atoms with Crippen molar-refractivity contribution in [2.24, 2.45) is 16.8 Å². The van der Waals surface area contributed by atoms with E-state index in [-0.39, 0.29) is 0 Å². The third-order valence-electron chi connectivity index (χ3n) is 6.13. The van der Waals surface area contributed by atoms with Gasteiger partial charge in [-0.3, -0.25) is 4.99 Å². The number of likely N-dealkylation sites (tertiary alicyclic amines) is 2. The molecule has 0 spiro atoms. The Labute approximate surface area is 182 Å². The standard InChI is InChI=1S/C24H40N4O2/c1-3-25-24(28-14-11-23(19-28)20-30-16-15-29-2)26-17-22-10-13-27(18-22)12-9-21-7-5-4-6-8-21/h4-8,22-23H,3,9-20H2,1-2H3,(H,25,26). The molecule has 2 heterocycles. The molecule has 2 fully saturated rings. The van der Waals surface area contributed by atoms with Crippen LogP contribution in [-0.4, -0.2) is 88.5 Å². The van der Waals surface area contributed by atoms with E-state index in [2.05, 4.69) is 52.4 Å². The fourth-order valence-corrected chi connectivity index (χ4v) is 4.39. The predicted octanol–water partition coefficient (Wildman–Crippen LogP) is 2.50. The highest BCUT2D eigenvalue weighted by atomic mass is 16.5. The first-order chi connectivity index (χ1) is 14.8. The molecule has 6 nitrogen and oxygen atoms in total. The zero-order chi connectivity index (χ0) is 21.0. The van der Waals surface area contributed by atoms with Gasteiger partial charge in [-0.25, -0.2) is 0 Å². The van der Waals surface area contributed by atoms with E-state index in [1.54, 1.807) is 7.11 Å². The molecule has 1 aromatic rings. The van der Waals surface area contributed by atoms with Gasteiger partial charge in [-0.05, 0) is 44.2 Å². The maximum absolute atomic E-state index is 5.74. The summed E-state index contributed by atoms with van der Waals surface area (Å²) in [4.78, 5) is 10.0. The molecule has 6 heteroatoms. The molecule has 168 valence electrons. The summed E-state index contributed by atoms with van der Waals surface area (Å²) >= 11 is 0. The van der Waals surface area contributed by atoms with Crippen LogP contribution in [0.15, 0.2) is 35.3 Å². The minimum absolute atomic E-state index is 0.589. The number of nitrogens with zero attached hydrogens (tertiary/aromatic N) is 3. The lowest BCUT2D eigenvalue weighted by atomic mass is 10.1. The number of hydrogen-bond donors (Lipinski definition) is 1. The molecule has 0 saturated carbocycles. The van der Waals surface area contributed by atoms with Crippen LogP contribution in [0.3, 0.4) is 0 Å². The molecule has 0 amide bonds. The second-order valence-electron chi connectivity index (χ2n) is 8.55. The maximum atomic E-state index is 5.74. The fourth-order valence-electron chi connectivity index (χ4n) is 4.39. The second-order valence-corrected chi connectivity index (χ2v) is 8.55. The van der Waals surface area contributed by atoms with E-state index in [9.17, 15) is 0 Å². The predicted molar refractivity (Wildman–Crippen MR) is 123 cm³/mol. The van der Waals surface area contributed by atoms with Gasteiger partial charge in [0.05, 0.1) is 19.8 Å². The average molecular weight is 417 g/mol. The van der Waals surface area contributed by atoms with E-state index in [1.807, 2.05) is 0 Å². The maximum Gasteiger partial charge on any atom is 0.193 e. The number of guanidine groups is 1. The van der Waals surface area contributed by atoms with Crippen molar-refractivity contribution in [1.29, 1.82) is 0 Å². The van der Waals surface area contributed by atoms with Crippen LogP contribution in [0.1, 0.15) is 25.3 Å². The minimum atomic E-state index is 0.589. The second kappa shape index (κ2) is 12.9. The number of rotatable bonds is 11. The molecule has 3 rings (SSSR count). The Bertz CT molecular complexity index is 625. The number of aliphatic imine (C=N–C) groups is 1. The third kappa shape index (κ3) is 7.56. The van der Waals surface area contributed by atoms with Crippen LogP contribution in [0.2, 0.25) is 0 Å². The van der Waals surface area contributed by atoms with Gasteiger partial charge in [0, 0.05) is 52.3 Å². The van der Waals surface area contributed by atoms with E-state index in [0.29, 0.717) is 25.0 Å². The number of hydrogen-bond acceptors (Lipinski definition) is 4. The van der Waals surface area contributed by atoms with Crippen molar-refractivity contribution in [2.75, 3.05) is 72.7 Å². The molecule has 2 unspecified atom stereocenters. The number of methoxy groups -OCH3 is 1. The summed E-state index contributed by atoms with van der Waals surface area (Å²) in [6.45, 7) is 11.8. The van der Waals surface area contributed by atoms with E-state index in [0.717, 1.165) is 51.7 Å². The zero-order valence-electron chi connectivity index (χ0n) is 18.9. The van der Waals surface area contributed by atoms with E-state index < -0.39 is 0 Å². The third-order valence-corrected chi connectivity index (χ3v) is 6.13. The molecule has 0 aliphatic carbocycles. The van der Waals surface area contributed by atoms with Gasteiger partial charge in [-0.15, -0.1) is 0 Å². The van der Waals surface area contributed by atoms with Gasteiger partial charge in [0.1, 0.15) is 0 Å². The summed E-state index contributed by atoms with van der Waals surface area (Å²) < 4.78 is 10.8. The molecule has 2 aliphatic rings. The van der Waals surface area contributed by atoms with Gasteiger partial charge in [0.25, 0.3) is 0 Å². The van der Waals surface area contributed by atoms with Gasteiger partial charge in [0.15, 0.2) is 5.96 Å². The van der Waals surface area contributed by atoms with Gasteiger partial charge < -0.3 is 24.6 Å². The fraction of sp³-hybridized carbons (Fsp3) is 0.708. The number of ether oxygens (including phenoxy) is 2. The lowest BCUT2D eigenvalue weighted by Gasteiger charge is -2.22. The molecular formula is C24H40N4O2. The van der Waals surface area contributed by atoms with Crippen molar-refractivity contribution in [1.82, 2.24) is 15.1 Å². The summed E-state index contributed by atoms with van der Waals surface area (Å²) in [5.41, 5.74) is 1.43. The first kappa shape index (κ1) is 23.0. The van der Waals surface area contributed by atoms with Crippen molar-refractivity contribution in [2.45, 2.75) is 26.2 Å². The first-order valence-electron chi connectivity index (χ1n) is 11.6. The van der Waals surface area contributed by atoms with Gasteiger partial charge in [0.2, 0.25) is 0 Å². The zero-order valence-corrected chi connectivity index (χ0v) is 18.9. The highest BCUT2D eigenvalue weighted by Crippen LogP contribution is 2.19. The highest BCUT2D eigenvalue weighted by Gasteiger charge is 2.26. The molecule has 0 aromatic heterocycles. The van der Waals surface area contributed by atoms with Crippen molar-refractivity contribution in [3.63, 3.8) is 0 Å².